The Balaban J connectivity index is 2.69. The highest BCUT2D eigenvalue weighted by molar-refractivity contribution is 9.10. The fourth-order valence-corrected chi connectivity index (χ4v) is 1.62. The average molecular weight is 271 g/mol. The number of benzene rings is 1. The van der Waals surface area contributed by atoms with E-state index in [1.807, 2.05) is 32.2 Å². The minimum atomic E-state index is -0.0240. The lowest BCUT2D eigenvalue weighted by Gasteiger charge is -2.08. The molecule has 0 radical (unpaired) electrons. The lowest BCUT2D eigenvalue weighted by molar-refractivity contribution is 0.0953. The van der Waals surface area contributed by atoms with Crippen molar-refractivity contribution in [3.63, 3.8) is 0 Å². The van der Waals surface area contributed by atoms with Crippen LogP contribution in [0.3, 0.4) is 0 Å². The van der Waals surface area contributed by atoms with E-state index in [-0.39, 0.29) is 5.91 Å². The lowest BCUT2D eigenvalue weighted by atomic mass is 10.1. The Kier molecular flexibility index (Phi) is 4.78. The molecular formula is C11H15BrN2O. The van der Waals surface area contributed by atoms with Gasteiger partial charge in [0.2, 0.25) is 0 Å². The van der Waals surface area contributed by atoms with E-state index in [4.69, 9.17) is 0 Å². The summed E-state index contributed by atoms with van der Waals surface area (Å²) in [5.41, 5.74) is 1.69. The summed E-state index contributed by atoms with van der Waals surface area (Å²) in [5, 5.41) is 5.82. The number of halogens is 1. The van der Waals surface area contributed by atoms with Gasteiger partial charge in [0, 0.05) is 23.1 Å². The van der Waals surface area contributed by atoms with Gasteiger partial charge in [-0.1, -0.05) is 22.0 Å². The van der Waals surface area contributed by atoms with E-state index in [1.54, 1.807) is 0 Å². The molecule has 3 nitrogen and oxygen atoms in total. The third-order valence-corrected chi connectivity index (χ3v) is 3.03. The molecular weight excluding hydrogens is 256 g/mol. The number of likely N-dealkylation sites (N-methyl/N-ethyl adjacent to an activating group) is 1. The molecule has 1 aromatic carbocycles. The van der Waals surface area contributed by atoms with Gasteiger partial charge >= 0.3 is 0 Å². The summed E-state index contributed by atoms with van der Waals surface area (Å²) in [6, 6.07) is 5.62. The van der Waals surface area contributed by atoms with E-state index >= 15 is 0 Å². The van der Waals surface area contributed by atoms with Gasteiger partial charge in [-0.05, 0) is 31.7 Å². The van der Waals surface area contributed by atoms with Gasteiger partial charge in [0.25, 0.3) is 5.91 Å². The van der Waals surface area contributed by atoms with Crippen LogP contribution in [0.15, 0.2) is 22.7 Å². The molecule has 0 bridgehead atoms. The SMILES string of the molecule is CNCCNC(=O)c1cccc(Br)c1C. The van der Waals surface area contributed by atoms with Crippen LogP contribution in [0.2, 0.25) is 0 Å². The maximum atomic E-state index is 11.7. The minimum Gasteiger partial charge on any atom is -0.351 e. The molecule has 4 heteroatoms. The molecule has 0 saturated carbocycles. The topological polar surface area (TPSA) is 41.1 Å². The van der Waals surface area contributed by atoms with Crippen molar-refractivity contribution in [1.29, 1.82) is 0 Å². The van der Waals surface area contributed by atoms with Crippen LogP contribution in [0.1, 0.15) is 15.9 Å². The van der Waals surface area contributed by atoms with Crippen LogP contribution in [0.5, 0.6) is 0 Å². The molecule has 0 aliphatic heterocycles. The van der Waals surface area contributed by atoms with Gasteiger partial charge in [-0.25, -0.2) is 0 Å². The minimum absolute atomic E-state index is 0.0240. The molecule has 0 aliphatic carbocycles. The van der Waals surface area contributed by atoms with Crippen LogP contribution >= 0.6 is 15.9 Å². The Morgan fingerprint density at radius 1 is 1.40 bits per heavy atom. The van der Waals surface area contributed by atoms with Crippen LogP contribution < -0.4 is 10.6 Å². The van der Waals surface area contributed by atoms with Crippen LogP contribution in [-0.4, -0.2) is 26.0 Å². The Morgan fingerprint density at radius 3 is 2.80 bits per heavy atom. The predicted octanol–water partition coefficient (Wildman–Crippen LogP) is 1.71. The molecule has 1 rings (SSSR count). The Bertz CT molecular complexity index is 352. The summed E-state index contributed by atoms with van der Waals surface area (Å²) >= 11 is 3.40. The molecule has 0 heterocycles. The van der Waals surface area contributed by atoms with Crippen molar-refractivity contribution >= 4 is 21.8 Å². The standard InChI is InChI=1S/C11H15BrN2O/c1-8-9(4-3-5-10(8)12)11(15)14-7-6-13-2/h3-5,13H,6-7H2,1-2H3,(H,14,15). The summed E-state index contributed by atoms with van der Waals surface area (Å²) in [4.78, 5) is 11.7. The number of amides is 1. The fraction of sp³-hybridized carbons (Fsp3) is 0.364. The highest BCUT2D eigenvalue weighted by Gasteiger charge is 2.09. The van der Waals surface area contributed by atoms with Crippen LogP contribution in [0.4, 0.5) is 0 Å². The van der Waals surface area contributed by atoms with E-state index in [2.05, 4.69) is 26.6 Å². The van der Waals surface area contributed by atoms with Crippen LogP contribution in [-0.2, 0) is 0 Å². The van der Waals surface area contributed by atoms with Gasteiger partial charge in [-0.3, -0.25) is 4.79 Å². The molecule has 82 valence electrons. The molecule has 0 aromatic heterocycles. The predicted molar refractivity (Wildman–Crippen MR) is 65.1 cm³/mol. The van der Waals surface area contributed by atoms with E-state index in [1.165, 1.54) is 0 Å². The molecule has 15 heavy (non-hydrogen) atoms. The number of carbonyl (C=O) groups excluding carboxylic acids is 1. The average Bonchev–Trinajstić information content (AvgIpc) is 2.22. The van der Waals surface area contributed by atoms with Crippen molar-refractivity contribution in [3.8, 4) is 0 Å². The molecule has 1 amide bonds. The monoisotopic (exact) mass is 270 g/mol. The van der Waals surface area contributed by atoms with Gasteiger partial charge in [0.1, 0.15) is 0 Å². The molecule has 0 aliphatic rings. The molecule has 0 spiro atoms. The van der Waals surface area contributed by atoms with E-state index in [9.17, 15) is 4.79 Å². The van der Waals surface area contributed by atoms with Crippen LogP contribution in [0.25, 0.3) is 0 Å². The highest BCUT2D eigenvalue weighted by Crippen LogP contribution is 2.19. The zero-order valence-electron chi connectivity index (χ0n) is 8.93. The van der Waals surface area contributed by atoms with Crippen molar-refractivity contribution in [2.45, 2.75) is 6.92 Å². The zero-order chi connectivity index (χ0) is 11.3. The normalized spacial score (nSPS) is 10.1. The third-order valence-electron chi connectivity index (χ3n) is 2.17. The second kappa shape index (κ2) is 5.88. The van der Waals surface area contributed by atoms with Crippen molar-refractivity contribution < 1.29 is 4.79 Å². The smallest absolute Gasteiger partial charge is 0.251 e. The number of carbonyl (C=O) groups is 1. The first-order valence-electron chi connectivity index (χ1n) is 4.84. The van der Waals surface area contributed by atoms with E-state index in [0.717, 1.165) is 22.1 Å². The number of rotatable bonds is 4. The van der Waals surface area contributed by atoms with Gasteiger partial charge in [-0.15, -0.1) is 0 Å². The molecule has 0 saturated heterocycles. The summed E-state index contributed by atoms with van der Waals surface area (Å²) in [6.07, 6.45) is 0. The van der Waals surface area contributed by atoms with Gasteiger partial charge in [0.15, 0.2) is 0 Å². The second-order valence-corrected chi connectivity index (χ2v) is 4.13. The molecule has 1 aromatic rings. The Hall–Kier alpha value is -0.870. The van der Waals surface area contributed by atoms with Crippen LogP contribution in [0, 0.1) is 6.92 Å². The molecule has 0 atom stereocenters. The van der Waals surface area contributed by atoms with Crippen molar-refractivity contribution in [2.24, 2.45) is 0 Å². The molecule has 0 unspecified atom stereocenters. The Morgan fingerprint density at radius 2 is 2.13 bits per heavy atom. The third kappa shape index (κ3) is 3.32. The zero-order valence-corrected chi connectivity index (χ0v) is 10.5. The largest absolute Gasteiger partial charge is 0.351 e. The van der Waals surface area contributed by atoms with Crippen molar-refractivity contribution in [2.75, 3.05) is 20.1 Å². The number of hydrogen-bond acceptors (Lipinski definition) is 2. The Labute approximate surface area is 98.4 Å². The number of hydrogen-bond donors (Lipinski definition) is 2. The summed E-state index contributed by atoms with van der Waals surface area (Å²) in [7, 11) is 1.86. The lowest BCUT2D eigenvalue weighted by Crippen LogP contribution is -2.30. The first-order chi connectivity index (χ1) is 7.16. The van der Waals surface area contributed by atoms with Crippen molar-refractivity contribution in [1.82, 2.24) is 10.6 Å². The maximum absolute atomic E-state index is 11.7. The quantitative estimate of drug-likeness (QED) is 0.818. The molecule has 0 fully saturated rings. The van der Waals surface area contributed by atoms with E-state index in [0.29, 0.717) is 6.54 Å². The second-order valence-electron chi connectivity index (χ2n) is 3.27. The summed E-state index contributed by atoms with van der Waals surface area (Å²) < 4.78 is 0.962. The number of nitrogens with one attached hydrogen (secondary N) is 2. The molecule has 2 N–H and O–H groups in total. The first kappa shape index (κ1) is 12.2. The summed E-state index contributed by atoms with van der Waals surface area (Å²) in [6.45, 7) is 3.34. The van der Waals surface area contributed by atoms with Gasteiger partial charge in [0.05, 0.1) is 0 Å². The van der Waals surface area contributed by atoms with Gasteiger partial charge < -0.3 is 10.6 Å². The fourth-order valence-electron chi connectivity index (χ4n) is 1.25. The van der Waals surface area contributed by atoms with E-state index < -0.39 is 0 Å². The van der Waals surface area contributed by atoms with Gasteiger partial charge in [-0.2, -0.15) is 0 Å². The van der Waals surface area contributed by atoms with Crippen molar-refractivity contribution in [3.05, 3.63) is 33.8 Å². The highest BCUT2D eigenvalue weighted by atomic mass is 79.9. The first-order valence-corrected chi connectivity index (χ1v) is 5.64. The maximum Gasteiger partial charge on any atom is 0.251 e. The summed E-state index contributed by atoms with van der Waals surface area (Å²) in [5.74, 6) is -0.0240.